The summed E-state index contributed by atoms with van der Waals surface area (Å²) in [5, 5.41) is 6.73. The van der Waals surface area contributed by atoms with E-state index in [0.717, 1.165) is 28.6 Å². The van der Waals surface area contributed by atoms with Crippen LogP contribution >= 0.6 is 22.9 Å². The van der Waals surface area contributed by atoms with Gasteiger partial charge in [0.05, 0.1) is 11.2 Å². The Balaban J connectivity index is 1.64. The van der Waals surface area contributed by atoms with Crippen molar-refractivity contribution in [1.29, 1.82) is 0 Å². The van der Waals surface area contributed by atoms with Gasteiger partial charge in [-0.25, -0.2) is 4.98 Å². The number of hydrogen-bond donors (Lipinski definition) is 2. The third-order valence-corrected chi connectivity index (χ3v) is 4.76. The summed E-state index contributed by atoms with van der Waals surface area (Å²) in [6.45, 7) is 0.562. The number of nitrogens with zero attached hydrogens (tertiary/aromatic N) is 2. The van der Waals surface area contributed by atoms with E-state index in [1.165, 1.54) is 11.3 Å². The Hall–Kier alpha value is -1.89. The van der Waals surface area contributed by atoms with E-state index in [-0.39, 0.29) is 11.9 Å². The van der Waals surface area contributed by atoms with Gasteiger partial charge >= 0.3 is 0 Å². The lowest BCUT2D eigenvalue weighted by atomic mass is 10.1. The van der Waals surface area contributed by atoms with Gasteiger partial charge in [0.25, 0.3) is 0 Å². The molecular weight excluding hydrogens is 344 g/mol. The summed E-state index contributed by atoms with van der Waals surface area (Å²) in [5.41, 5.74) is 4.72. The molecule has 0 aliphatic heterocycles. The van der Waals surface area contributed by atoms with Crippen molar-refractivity contribution in [2.75, 3.05) is 20.6 Å². The van der Waals surface area contributed by atoms with Crippen LogP contribution in [0.25, 0.3) is 10.9 Å². The average Bonchev–Trinajstić information content (AvgIpc) is 3.17. The second kappa shape index (κ2) is 7.34. The molecule has 0 saturated heterocycles. The molecule has 7 heteroatoms. The topological polar surface area (TPSA) is 61.0 Å². The van der Waals surface area contributed by atoms with Crippen LogP contribution in [0.1, 0.15) is 17.3 Å². The van der Waals surface area contributed by atoms with Gasteiger partial charge in [-0.2, -0.15) is 0 Å². The molecule has 1 atom stereocenters. The summed E-state index contributed by atoms with van der Waals surface area (Å²) >= 11 is 7.56. The molecule has 2 heterocycles. The Morgan fingerprint density at radius 3 is 3.00 bits per heavy atom. The summed E-state index contributed by atoms with van der Waals surface area (Å²) in [6.07, 6.45) is 2.71. The fourth-order valence-electron chi connectivity index (χ4n) is 2.76. The number of rotatable bonds is 6. The van der Waals surface area contributed by atoms with E-state index in [0.29, 0.717) is 11.6 Å². The molecule has 0 saturated carbocycles. The fraction of sp³-hybridized carbons (Fsp3) is 0.294. The zero-order valence-corrected chi connectivity index (χ0v) is 15.1. The van der Waals surface area contributed by atoms with Crippen LogP contribution in [0.5, 0.6) is 0 Å². The minimum atomic E-state index is -0.367. The van der Waals surface area contributed by atoms with E-state index in [1.54, 1.807) is 5.51 Å². The predicted molar refractivity (Wildman–Crippen MR) is 98.6 cm³/mol. The van der Waals surface area contributed by atoms with Crippen LogP contribution in [0.15, 0.2) is 35.3 Å². The van der Waals surface area contributed by atoms with Crippen molar-refractivity contribution < 1.29 is 4.79 Å². The highest BCUT2D eigenvalue weighted by atomic mass is 35.5. The Kier molecular flexibility index (Phi) is 5.18. The van der Waals surface area contributed by atoms with Crippen LogP contribution in [0.3, 0.4) is 0 Å². The molecule has 3 rings (SSSR count). The van der Waals surface area contributed by atoms with Crippen LogP contribution in [-0.2, 0) is 11.2 Å². The predicted octanol–water partition coefficient (Wildman–Crippen LogP) is 3.24. The second-order valence-corrected chi connectivity index (χ2v) is 6.98. The van der Waals surface area contributed by atoms with Gasteiger partial charge in [0.1, 0.15) is 6.04 Å². The number of halogens is 1. The Bertz CT molecular complexity index is 828. The van der Waals surface area contributed by atoms with E-state index >= 15 is 0 Å². The van der Waals surface area contributed by atoms with Crippen LogP contribution in [-0.4, -0.2) is 41.4 Å². The normalized spacial score (nSPS) is 12.7. The molecular formula is C17H19ClN4OS. The molecule has 24 heavy (non-hydrogen) atoms. The fourth-order valence-corrected chi connectivity index (χ4v) is 3.51. The SMILES string of the molecule is CN(C)C(C(=O)NCCc1c[nH]c2ccc(Cl)cc12)c1cscn1. The highest BCUT2D eigenvalue weighted by Gasteiger charge is 2.24. The first-order valence-electron chi connectivity index (χ1n) is 7.64. The number of nitrogens with one attached hydrogen (secondary N) is 2. The maximum Gasteiger partial charge on any atom is 0.243 e. The summed E-state index contributed by atoms with van der Waals surface area (Å²) < 4.78 is 0. The largest absolute Gasteiger partial charge is 0.361 e. The summed E-state index contributed by atoms with van der Waals surface area (Å²) in [4.78, 5) is 21.9. The standard InChI is InChI=1S/C17H19ClN4OS/c1-22(2)16(15-9-24-10-21-15)17(23)19-6-5-11-8-20-14-4-3-12(18)7-13(11)14/h3-4,7-10,16,20H,5-6H2,1-2H3,(H,19,23). The van der Waals surface area contributed by atoms with Gasteiger partial charge in [0, 0.05) is 34.0 Å². The van der Waals surface area contributed by atoms with Crippen molar-refractivity contribution in [3.05, 3.63) is 51.6 Å². The lowest BCUT2D eigenvalue weighted by Gasteiger charge is -2.21. The van der Waals surface area contributed by atoms with Crippen molar-refractivity contribution in [2.45, 2.75) is 12.5 Å². The number of aromatic amines is 1. The molecule has 1 amide bonds. The van der Waals surface area contributed by atoms with E-state index in [2.05, 4.69) is 15.3 Å². The molecule has 126 valence electrons. The Morgan fingerprint density at radius 2 is 2.29 bits per heavy atom. The van der Waals surface area contributed by atoms with Crippen molar-refractivity contribution >= 4 is 39.7 Å². The number of hydrogen-bond acceptors (Lipinski definition) is 4. The van der Waals surface area contributed by atoms with Gasteiger partial charge in [-0.3, -0.25) is 9.69 Å². The van der Waals surface area contributed by atoms with Crippen molar-refractivity contribution in [3.63, 3.8) is 0 Å². The number of aromatic nitrogens is 2. The van der Waals surface area contributed by atoms with Crippen LogP contribution in [0, 0.1) is 0 Å². The van der Waals surface area contributed by atoms with E-state index in [1.807, 2.05) is 48.8 Å². The number of carbonyl (C=O) groups is 1. The molecule has 5 nitrogen and oxygen atoms in total. The minimum absolute atomic E-state index is 0.0382. The van der Waals surface area contributed by atoms with Gasteiger partial charge < -0.3 is 10.3 Å². The van der Waals surface area contributed by atoms with E-state index < -0.39 is 0 Å². The quantitative estimate of drug-likeness (QED) is 0.707. The summed E-state index contributed by atoms with van der Waals surface area (Å²) in [7, 11) is 3.76. The maximum atomic E-state index is 12.5. The lowest BCUT2D eigenvalue weighted by molar-refractivity contribution is -0.125. The summed E-state index contributed by atoms with van der Waals surface area (Å²) in [6, 6.07) is 5.40. The van der Waals surface area contributed by atoms with Crippen molar-refractivity contribution in [3.8, 4) is 0 Å². The average molecular weight is 363 g/mol. The number of fused-ring (bicyclic) bond motifs is 1. The molecule has 2 aromatic heterocycles. The number of amides is 1. The minimum Gasteiger partial charge on any atom is -0.361 e. The van der Waals surface area contributed by atoms with Crippen LogP contribution < -0.4 is 5.32 Å². The first-order chi connectivity index (χ1) is 11.6. The molecule has 1 unspecified atom stereocenters. The van der Waals surface area contributed by atoms with Crippen molar-refractivity contribution in [2.24, 2.45) is 0 Å². The van der Waals surface area contributed by atoms with E-state index in [9.17, 15) is 4.79 Å². The molecule has 1 aromatic carbocycles. The van der Waals surface area contributed by atoms with Crippen LogP contribution in [0.2, 0.25) is 5.02 Å². The Labute approximate surface area is 149 Å². The van der Waals surface area contributed by atoms with Gasteiger partial charge in [-0.1, -0.05) is 11.6 Å². The molecule has 0 radical (unpaired) electrons. The summed E-state index contributed by atoms with van der Waals surface area (Å²) in [5.74, 6) is -0.0382. The van der Waals surface area contributed by atoms with E-state index in [4.69, 9.17) is 11.6 Å². The number of thiazole rings is 1. The third-order valence-electron chi connectivity index (χ3n) is 3.92. The Morgan fingerprint density at radius 1 is 1.46 bits per heavy atom. The molecule has 0 aliphatic carbocycles. The molecule has 0 aliphatic rings. The van der Waals surface area contributed by atoms with Gasteiger partial charge in [-0.15, -0.1) is 11.3 Å². The van der Waals surface area contributed by atoms with Crippen molar-refractivity contribution in [1.82, 2.24) is 20.2 Å². The smallest absolute Gasteiger partial charge is 0.243 e. The number of likely N-dealkylation sites (N-methyl/N-ethyl adjacent to an activating group) is 1. The lowest BCUT2D eigenvalue weighted by Crippen LogP contribution is -2.38. The zero-order valence-electron chi connectivity index (χ0n) is 13.5. The monoisotopic (exact) mass is 362 g/mol. The first-order valence-corrected chi connectivity index (χ1v) is 8.96. The van der Waals surface area contributed by atoms with Gasteiger partial charge in [0.15, 0.2) is 0 Å². The van der Waals surface area contributed by atoms with Gasteiger partial charge in [-0.05, 0) is 44.3 Å². The molecule has 0 fully saturated rings. The first kappa shape index (κ1) is 17.0. The third kappa shape index (κ3) is 3.61. The molecule has 2 N–H and O–H groups in total. The molecule has 0 spiro atoms. The van der Waals surface area contributed by atoms with Crippen LogP contribution in [0.4, 0.5) is 0 Å². The number of H-pyrrole nitrogens is 1. The zero-order chi connectivity index (χ0) is 17.1. The highest BCUT2D eigenvalue weighted by Crippen LogP contribution is 2.23. The number of benzene rings is 1. The number of carbonyl (C=O) groups excluding carboxylic acids is 1. The van der Waals surface area contributed by atoms with Gasteiger partial charge in [0.2, 0.25) is 5.91 Å². The maximum absolute atomic E-state index is 12.5. The molecule has 3 aromatic rings. The highest BCUT2D eigenvalue weighted by molar-refractivity contribution is 7.07. The second-order valence-electron chi connectivity index (χ2n) is 5.82. The molecule has 0 bridgehead atoms.